The van der Waals surface area contributed by atoms with E-state index in [0.29, 0.717) is 16.5 Å². The van der Waals surface area contributed by atoms with E-state index in [1.807, 2.05) is 27.7 Å². The van der Waals surface area contributed by atoms with Crippen molar-refractivity contribution in [3.63, 3.8) is 0 Å². The van der Waals surface area contributed by atoms with E-state index in [1.54, 1.807) is 0 Å². The van der Waals surface area contributed by atoms with Gasteiger partial charge in [-0.3, -0.25) is 4.79 Å². The van der Waals surface area contributed by atoms with Gasteiger partial charge in [-0.05, 0) is 59.3 Å². The minimum absolute atomic E-state index is 0.0266. The number of anilines is 1. The maximum absolute atomic E-state index is 12.6. The molecule has 1 aromatic rings. The molecule has 136 valence electrons. The van der Waals surface area contributed by atoms with Crippen molar-refractivity contribution >= 4 is 28.9 Å². The third kappa shape index (κ3) is 5.09. The summed E-state index contributed by atoms with van der Waals surface area (Å²) in [4.78, 5) is 25.1. The van der Waals surface area contributed by atoms with Crippen molar-refractivity contribution in [1.29, 1.82) is 0 Å². The molecule has 1 saturated carbocycles. The molecule has 25 heavy (non-hydrogen) atoms. The van der Waals surface area contributed by atoms with Crippen LogP contribution in [0.2, 0.25) is 0 Å². The predicted octanol–water partition coefficient (Wildman–Crippen LogP) is 4.92. The molecule has 0 radical (unpaired) electrons. The number of aromatic carboxylic acids is 1. The molecule has 0 saturated heterocycles. The van der Waals surface area contributed by atoms with Crippen molar-refractivity contribution in [2.24, 2.45) is 17.3 Å². The van der Waals surface area contributed by atoms with E-state index in [1.165, 1.54) is 0 Å². The SMILES string of the molecule is Cc1c(C#CC(C)(C)C)sc(C(=O)O)c1NC(=O)C1CCC(C)CC1. The Bertz CT molecular complexity index is 723. The Balaban J connectivity index is 2.26. The summed E-state index contributed by atoms with van der Waals surface area (Å²) in [5.41, 5.74) is 0.998. The zero-order valence-electron chi connectivity index (χ0n) is 15.7. The Hall–Kier alpha value is -1.80. The van der Waals surface area contributed by atoms with E-state index in [9.17, 15) is 14.7 Å². The van der Waals surface area contributed by atoms with Gasteiger partial charge in [0.25, 0.3) is 0 Å². The van der Waals surface area contributed by atoms with Crippen LogP contribution in [0, 0.1) is 36.0 Å². The van der Waals surface area contributed by atoms with Gasteiger partial charge in [0.05, 0.1) is 10.6 Å². The molecular weight excluding hydrogens is 334 g/mol. The molecule has 4 nitrogen and oxygen atoms in total. The number of thiophene rings is 1. The largest absolute Gasteiger partial charge is 0.477 e. The average molecular weight is 362 g/mol. The molecule has 0 bridgehead atoms. The van der Waals surface area contributed by atoms with Crippen LogP contribution in [0.5, 0.6) is 0 Å². The van der Waals surface area contributed by atoms with Gasteiger partial charge in [0.15, 0.2) is 0 Å². The minimum Gasteiger partial charge on any atom is -0.477 e. The number of hydrogen-bond donors (Lipinski definition) is 2. The monoisotopic (exact) mass is 361 g/mol. The molecule has 0 aromatic carbocycles. The molecule has 0 unspecified atom stereocenters. The molecule has 1 aliphatic carbocycles. The molecule has 2 rings (SSSR count). The van der Waals surface area contributed by atoms with Crippen LogP contribution in [0.4, 0.5) is 5.69 Å². The van der Waals surface area contributed by atoms with Crippen LogP contribution < -0.4 is 5.32 Å². The second-order valence-electron chi connectivity index (χ2n) is 8.01. The fourth-order valence-corrected chi connectivity index (χ4v) is 3.88. The number of hydrogen-bond acceptors (Lipinski definition) is 3. The summed E-state index contributed by atoms with van der Waals surface area (Å²) in [6, 6.07) is 0. The van der Waals surface area contributed by atoms with Gasteiger partial charge in [0.2, 0.25) is 5.91 Å². The van der Waals surface area contributed by atoms with Crippen LogP contribution in [-0.2, 0) is 4.79 Å². The molecule has 1 aromatic heterocycles. The van der Waals surface area contributed by atoms with E-state index in [0.717, 1.165) is 42.6 Å². The Morgan fingerprint density at radius 2 is 1.80 bits per heavy atom. The van der Waals surface area contributed by atoms with E-state index < -0.39 is 5.97 Å². The van der Waals surface area contributed by atoms with Gasteiger partial charge in [0, 0.05) is 16.9 Å². The number of carboxylic acids is 1. The smallest absolute Gasteiger partial charge is 0.348 e. The maximum Gasteiger partial charge on any atom is 0.348 e. The summed E-state index contributed by atoms with van der Waals surface area (Å²) in [5.74, 6) is 5.77. The zero-order chi connectivity index (χ0) is 18.8. The maximum atomic E-state index is 12.6. The molecule has 1 aliphatic rings. The first-order valence-electron chi connectivity index (χ1n) is 8.79. The van der Waals surface area contributed by atoms with E-state index in [-0.39, 0.29) is 22.1 Å². The zero-order valence-corrected chi connectivity index (χ0v) is 16.5. The molecule has 0 aliphatic heterocycles. The molecular formula is C20H27NO3S. The van der Waals surface area contributed by atoms with Crippen LogP contribution >= 0.6 is 11.3 Å². The van der Waals surface area contributed by atoms with Crippen LogP contribution in [0.25, 0.3) is 0 Å². The third-order valence-corrected chi connectivity index (χ3v) is 5.72. The summed E-state index contributed by atoms with van der Waals surface area (Å²) in [5, 5.41) is 12.4. The molecule has 0 atom stereocenters. The highest BCUT2D eigenvalue weighted by atomic mass is 32.1. The van der Waals surface area contributed by atoms with Crippen molar-refractivity contribution in [3.05, 3.63) is 15.3 Å². The number of nitrogens with one attached hydrogen (secondary N) is 1. The van der Waals surface area contributed by atoms with Crippen molar-refractivity contribution in [2.45, 2.75) is 60.3 Å². The highest BCUT2D eigenvalue weighted by Gasteiger charge is 2.27. The first-order valence-corrected chi connectivity index (χ1v) is 9.61. The summed E-state index contributed by atoms with van der Waals surface area (Å²) >= 11 is 1.14. The van der Waals surface area contributed by atoms with Gasteiger partial charge in [-0.1, -0.05) is 18.8 Å². The second-order valence-corrected chi connectivity index (χ2v) is 9.03. The van der Waals surface area contributed by atoms with Crippen LogP contribution in [0.3, 0.4) is 0 Å². The Morgan fingerprint density at radius 1 is 1.20 bits per heavy atom. The molecule has 2 N–H and O–H groups in total. The Morgan fingerprint density at radius 3 is 2.32 bits per heavy atom. The van der Waals surface area contributed by atoms with E-state index >= 15 is 0 Å². The predicted molar refractivity (Wildman–Crippen MR) is 102 cm³/mol. The van der Waals surface area contributed by atoms with Crippen LogP contribution in [-0.4, -0.2) is 17.0 Å². The topological polar surface area (TPSA) is 66.4 Å². The Labute approximate surface area is 154 Å². The quantitative estimate of drug-likeness (QED) is 0.751. The fraction of sp³-hybridized carbons (Fsp3) is 0.600. The van der Waals surface area contributed by atoms with Crippen molar-refractivity contribution in [3.8, 4) is 11.8 Å². The highest BCUT2D eigenvalue weighted by Crippen LogP contribution is 2.35. The number of rotatable bonds is 3. The number of amides is 1. The first kappa shape index (κ1) is 19.5. The van der Waals surface area contributed by atoms with Crippen molar-refractivity contribution in [2.75, 3.05) is 5.32 Å². The van der Waals surface area contributed by atoms with E-state index in [2.05, 4.69) is 24.1 Å². The number of carbonyl (C=O) groups excluding carboxylic acids is 1. The lowest BCUT2D eigenvalue weighted by Crippen LogP contribution is -2.27. The average Bonchev–Trinajstić information content (AvgIpc) is 2.82. The lowest BCUT2D eigenvalue weighted by Gasteiger charge is -2.25. The molecule has 5 heteroatoms. The van der Waals surface area contributed by atoms with Crippen molar-refractivity contribution in [1.82, 2.24) is 0 Å². The van der Waals surface area contributed by atoms with Crippen LogP contribution in [0.15, 0.2) is 0 Å². The Kier molecular flexibility index (Phi) is 5.95. The third-order valence-electron chi connectivity index (χ3n) is 4.53. The summed E-state index contributed by atoms with van der Waals surface area (Å²) in [6.45, 7) is 10.1. The number of carboxylic acid groups (broad SMARTS) is 1. The van der Waals surface area contributed by atoms with Gasteiger partial charge < -0.3 is 10.4 Å². The van der Waals surface area contributed by atoms with Crippen molar-refractivity contribution < 1.29 is 14.7 Å². The van der Waals surface area contributed by atoms with Gasteiger partial charge in [-0.25, -0.2) is 4.79 Å². The van der Waals surface area contributed by atoms with Gasteiger partial charge >= 0.3 is 5.97 Å². The summed E-state index contributed by atoms with van der Waals surface area (Å²) in [6.07, 6.45) is 3.84. The molecule has 0 spiro atoms. The second kappa shape index (κ2) is 7.61. The van der Waals surface area contributed by atoms with Gasteiger partial charge in [0.1, 0.15) is 4.88 Å². The normalized spacial score (nSPS) is 20.5. The van der Waals surface area contributed by atoms with Crippen LogP contribution in [0.1, 0.15) is 73.5 Å². The fourth-order valence-electron chi connectivity index (χ4n) is 2.93. The van der Waals surface area contributed by atoms with E-state index in [4.69, 9.17) is 0 Å². The van der Waals surface area contributed by atoms with Gasteiger partial charge in [-0.2, -0.15) is 0 Å². The molecule has 1 heterocycles. The first-order chi connectivity index (χ1) is 11.6. The minimum atomic E-state index is -1.02. The molecule has 1 amide bonds. The number of carbonyl (C=O) groups is 2. The standard InChI is InChI=1S/C20H27NO3S/c1-12-6-8-14(9-7-12)18(22)21-16-13(2)15(10-11-20(3,4)5)25-17(16)19(23)24/h12,14H,6-9H2,1-5H3,(H,21,22)(H,23,24). The lowest BCUT2D eigenvalue weighted by atomic mass is 9.82. The lowest BCUT2D eigenvalue weighted by molar-refractivity contribution is -0.121. The summed E-state index contributed by atoms with van der Waals surface area (Å²) in [7, 11) is 0. The highest BCUT2D eigenvalue weighted by molar-refractivity contribution is 7.15. The summed E-state index contributed by atoms with van der Waals surface area (Å²) < 4.78 is 0. The molecule has 1 fully saturated rings. The van der Waals surface area contributed by atoms with Gasteiger partial charge in [-0.15, -0.1) is 11.3 Å².